The summed E-state index contributed by atoms with van der Waals surface area (Å²) in [5.74, 6) is -0.433. The van der Waals surface area contributed by atoms with E-state index in [1.807, 2.05) is 19.1 Å². The molecule has 0 saturated carbocycles. The standard InChI is InChI=1S/C23H24F3N5O2/c1-3-15-4-7-17(8-5-15)29-22(33)30-10-11-31(20(14-30)21(32)28-2)18-9-6-16(13-27)19(12-18)23(24,25)26/h4-9,12,20H,3,10-11,14H2,1-2H3,(H,28,32)(H,29,33). The third-order valence-corrected chi connectivity index (χ3v) is 5.59. The highest BCUT2D eigenvalue weighted by atomic mass is 19.4. The molecule has 1 aliphatic heterocycles. The van der Waals surface area contributed by atoms with Crippen molar-refractivity contribution >= 4 is 23.3 Å². The zero-order chi connectivity index (χ0) is 24.2. The van der Waals surface area contributed by atoms with E-state index < -0.39 is 35.3 Å². The van der Waals surface area contributed by atoms with E-state index in [1.54, 1.807) is 18.2 Å². The second-order valence-electron chi connectivity index (χ2n) is 7.59. The number of aryl methyl sites for hydroxylation is 1. The van der Waals surface area contributed by atoms with Gasteiger partial charge in [0, 0.05) is 31.5 Å². The van der Waals surface area contributed by atoms with Gasteiger partial charge in [-0.2, -0.15) is 18.4 Å². The molecule has 2 N–H and O–H groups in total. The van der Waals surface area contributed by atoms with Crippen molar-refractivity contribution in [1.29, 1.82) is 5.26 Å². The average Bonchev–Trinajstić information content (AvgIpc) is 2.82. The Morgan fingerprint density at radius 2 is 1.85 bits per heavy atom. The molecule has 33 heavy (non-hydrogen) atoms. The van der Waals surface area contributed by atoms with Crippen LogP contribution in [0.15, 0.2) is 42.5 Å². The molecule has 0 radical (unpaired) electrons. The van der Waals surface area contributed by atoms with Crippen LogP contribution in [0.4, 0.5) is 29.3 Å². The van der Waals surface area contributed by atoms with Crippen LogP contribution in [0, 0.1) is 11.3 Å². The van der Waals surface area contributed by atoms with Gasteiger partial charge in [0.05, 0.1) is 23.7 Å². The van der Waals surface area contributed by atoms with Crippen molar-refractivity contribution in [3.8, 4) is 6.07 Å². The van der Waals surface area contributed by atoms with Gasteiger partial charge in [-0.15, -0.1) is 0 Å². The number of amides is 3. The van der Waals surface area contributed by atoms with Crippen molar-refractivity contribution in [2.24, 2.45) is 0 Å². The van der Waals surface area contributed by atoms with Crippen LogP contribution in [0.5, 0.6) is 0 Å². The van der Waals surface area contributed by atoms with Gasteiger partial charge in [0.25, 0.3) is 0 Å². The van der Waals surface area contributed by atoms with Crippen molar-refractivity contribution in [2.75, 3.05) is 36.9 Å². The maximum absolute atomic E-state index is 13.4. The van der Waals surface area contributed by atoms with E-state index in [0.717, 1.165) is 24.1 Å². The number of rotatable bonds is 4. The summed E-state index contributed by atoms with van der Waals surface area (Å²) in [6.45, 7) is 2.36. The molecule has 7 nitrogen and oxygen atoms in total. The molecule has 2 aromatic carbocycles. The quantitative estimate of drug-likeness (QED) is 0.731. The SMILES string of the molecule is CCc1ccc(NC(=O)N2CCN(c3ccc(C#N)c(C(F)(F)F)c3)C(C(=O)NC)C2)cc1. The number of alkyl halides is 3. The number of nitrogens with zero attached hydrogens (tertiary/aromatic N) is 3. The molecule has 3 rings (SSSR count). The van der Waals surface area contributed by atoms with E-state index in [-0.39, 0.29) is 25.3 Å². The maximum Gasteiger partial charge on any atom is 0.417 e. The molecular formula is C23H24F3N5O2. The second kappa shape index (κ2) is 9.81. The predicted molar refractivity (Wildman–Crippen MR) is 118 cm³/mol. The molecule has 0 spiro atoms. The van der Waals surface area contributed by atoms with Gasteiger partial charge < -0.3 is 20.4 Å². The molecular weight excluding hydrogens is 435 g/mol. The number of nitrogens with one attached hydrogen (secondary N) is 2. The smallest absolute Gasteiger partial charge is 0.357 e. The van der Waals surface area contributed by atoms with Crippen molar-refractivity contribution in [3.63, 3.8) is 0 Å². The molecule has 1 atom stereocenters. The van der Waals surface area contributed by atoms with Gasteiger partial charge in [0.1, 0.15) is 6.04 Å². The van der Waals surface area contributed by atoms with Crippen LogP contribution in [0.2, 0.25) is 0 Å². The Morgan fingerprint density at radius 3 is 2.42 bits per heavy atom. The number of carbonyl (C=O) groups is 2. The lowest BCUT2D eigenvalue weighted by Gasteiger charge is -2.41. The Kier molecular flexibility index (Phi) is 7.11. The lowest BCUT2D eigenvalue weighted by molar-refractivity contribution is -0.137. The lowest BCUT2D eigenvalue weighted by atomic mass is 10.0. The van der Waals surface area contributed by atoms with Gasteiger partial charge in [-0.25, -0.2) is 4.79 Å². The molecule has 174 valence electrons. The molecule has 0 aliphatic carbocycles. The first-order valence-corrected chi connectivity index (χ1v) is 10.4. The van der Waals surface area contributed by atoms with Gasteiger partial charge in [-0.3, -0.25) is 4.79 Å². The maximum atomic E-state index is 13.4. The number of halogens is 3. The number of hydrogen-bond donors (Lipinski definition) is 2. The number of carbonyl (C=O) groups excluding carboxylic acids is 2. The summed E-state index contributed by atoms with van der Waals surface area (Å²) in [4.78, 5) is 28.3. The van der Waals surface area contributed by atoms with E-state index in [0.29, 0.717) is 5.69 Å². The zero-order valence-corrected chi connectivity index (χ0v) is 18.2. The lowest BCUT2D eigenvalue weighted by Crippen LogP contribution is -2.60. The number of nitriles is 1. The summed E-state index contributed by atoms with van der Waals surface area (Å²) in [6, 6.07) is 11.0. The first-order chi connectivity index (χ1) is 15.7. The third-order valence-electron chi connectivity index (χ3n) is 5.59. The molecule has 3 amide bonds. The molecule has 1 aliphatic rings. The number of piperazine rings is 1. The third kappa shape index (κ3) is 5.37. The fourth-order valence-electron chi connectivity index (χ4n) is 3.74. The summed E-state index contributed by atoms with van der Waals surface area (Å²) >= 11 is 0. The molecule has 0 aromatic heterocycles. The fourth-order valence-corrected chi connectivity index (χ4v) is 3.74. The first kappa shape index (κ1) is 23.9. The van der Waals surface area contributed by atoms with E-state index >= 15 is 0 Å². The van der Waals surface area contributed by atoms with Crippen LogP contribution in [0.3, 0.4) is 0 Å². The highest BCUT2D eigenvalue weighted by Gasteiger charge is 2.37. The highest BCUT2D eigenvalue weighted by molar-refractivity contribution is 5.91. The fraction of sp³-hybridized carbons (Fsp3) is 0.348. The molecule has 1 saturated heterocycles. The molecule has 10 heteroatoms. The van der Waals surface area contributed by atoms with Crippen molar-refractivity contribution in [3.05, 3.63) is 59.2 Å². The molecule has 1 unspecified atom stereocenters. The number of hydrogen-bond acceptors (Lipinski definition) is 4. The van der Waals surface area contributed by atoms with Crippen LogP contribution >= 0.6 is 0 Å². The summed E-state index contributed by atoms with van der Waals surface area (Å²) in [5, 5.41) is 14.3. The largest absolute Gasteiger partial charge is 0.417 e. The van der Waals surface area contributed by atoms with E-state index in [1.165, 1.54) is 22.9 Å². The molecule has 1 fully saturated rings. The number of likely N-dealkylation sites (N-methyl/N-ethyl adjacent to an activating group) is 1. The van der Waals surface area contributed by atoms with Crippen molar-refractivity contribution in [1.82, 2.24) is 10.2 Å². The van der Waals surface area contributed by atoms with Crippen molar-refractivity contribution in [2.45, 2.75) is 25.6 Å². The Labute approximate surface area is 189 Å². The van der Waals surface area contributed by atoms with Crippen molar-refractivity contribution < 1.29 is 22.8 Å². The minimum absolute atomic E-state index is 0.0140. The predicted octanol–water partition coefficient (Wildman–Crippen LogP) is 3.61. The second-order valence-corrected chi connectivity index (χ2v) is 7.59. The van der Waals surface area contributed by atoms with Gasteiger partial charge in [0.2, 0.25) is 5.91 Å². The monoisotopic (exact) mass is 459 g/mol. The zero-order valence-electron chi connectivity index (χ0n) is 18.2. The topological polar surface area (TPSA) is 88.5 Å². The normalized spacial score (nSPS) is 16.2. The number of urea groups is 1. The molecule has 2 aromatic rings. The number of anilines is 2. The Hall–Kier alpha value is -3.74. The van der Waals surface area contributed by atoms with E-state index in [2.05, 4.69) is 10.6 Å². The average molecular weight is 459 g/mol. The Balaban J connectivity index is 1.82. The molecule has 0 bridgehead atoms. The number of benzene rings is 2. The van der Waals surface area contributed by atoms with Crippen LogP contribution in [-0.2, 0) is 17.4 Å². The van der Waals surface area contributed by atoms with E-state index in [9.17, 15) is 22.8 Å². The minimum Gasteiger partial charge on any atom is -0.357 e. The summed E-state index contributed by atoms with van der Waals surface area (Å²) in [5.41, 5.74) is 0.341. The van der Waals surface area contributed by atoms with Crippen LogP contribution in [0.1, 0.15) is 23.6 Å². The van der Waals surface area contributed by atoms with Gasteiger partial charge in [0.15, 0.2) is 0 Å². The van der Waals surface area contributed by atoms with Crippen LogP contribution in [0.25, 0.3) is 0 Å². The molecule has 1 heterocycles. The summed E-state index contributed by atoms with van der Waals surface area (Å²) < 4.78 is 40.3. The first-order valence-electron chi connectivity index (χ1n) is 10.4. The highest BCUT2D eigenvalue weighted by Crippen LogP contribution is 2.35. The van der Waals surface area contributed by atoms with Crippen LogP contribution < -0.4 is 15.5 Å². The van der Waals surface area contributed by atoms with Gasteiger partial charge in [-0.05, 0) is 42.3 Å². The summed E-state index contributed by atoms with van der Waals surface area (Å²) in [6.07, 6.45) is -3.84. The van der Waals surface area contributed by atoms with Gasteiger partial charge >= 0.3 is 12.2 Å². The van der Waals surface area contributed by atoms with Gasteiger partial charge in [-0.1, -0.05) is 19.1 Å². The summed E-state index contributed by atoms with van der Waals surface area (Å²) in [7, 11) is 1.43. The Morgan fingerprint density at radius 1 is 1.15 bits per heavy atom. The van der Waals surface area contributed by atoms with Crippen LogP contribution in [-0.4, -0.2) is 49.6 Å². The minimum atomic E-state index is -4.71. The Bertz CT molecular complexity index is 1060. The van der Waals surface area contributed by atoms with E-state index in [4.69, 9.17) is 5.26 Å².